The first-order chi connectivity index (χ1) is 13.6. The number of halogens is 2. The van der Waals surface area contributed by atoms with Crippen molar-refractivity contribution in [1.29, 1.82) is 0 Å². The quantitative estimate of drug-likeness (QED) is 0.691. The van der Waals surface area contributed by atoms with Crippen molar-refractivity contribution < 1.29 is 13.6 Å². The van der Waals surface area contributed by atoms with Gasteiger partial charge in [0.1, 0.15) is 5.82 Å². The Morgan fingerprint density at radius 2 is 1.64 bits per heavy atom. The van der Waals surface area contributed by atoms with E-state index < -0.39 is 11.6 Å². The lowest BCUT2D eigenvalue weighted by Crippen LogP contribution is -2.40. The first-order valence-corrected chi connectivity index (χ1v) is 9.47. The van der Waals surface area contributed by atoms with Gasteiger partial charge in [0, 0.05) is 23.0 Å². The summed E-state index contributed by atoms with van der Waals surface area (Å²) in [4.78, 5) is 16.9. The lowest BCUT2D eigenvalue weighted by atomic mass is 9.91. The van der Waals surface area contributed by atoms with E-state index in [-0.39, 0.29) is 17.5 Å². The average molecular weight is 381 g/mol. The second kappa shape index (κ2) is 7.92. The molecule has 1 amide bonds. The lowest BCUT2D eigenvalue weighted by Gasteiger charge is -2.30. The number of pyridine rings is 1. The second-order valence-corrected chi connectivity index (χ2v) is 7.18. The van der Waals surface area contributed by atoms with Crippen molar-refractivity contribution in [3.8, 4) is 0 Å². The van der Waals surface area contributed by atoms with Crippen LogP contribution in [0.1, 0.15) is 36.0 Å². The van der Waals surface area contributed by atoms with Crippen LogP contribution < -0.4 is 10.6 Å². The van der Waals surface area contributed by atoms with E-state index >= 15 is 0 Å². The third kappa shape index (κ3) is 4.11. The fourth-order valence-electron chi connectivity index (χ4n) is 3.64. The molecule has 6 heteroatoms. The van der Waals surface area contributed by atoms with Gasteiger partial charge in [0.15, 0.2) is 11.6 Å². The van der Waals surface area contributed by atoms with Gasteiger partial charge in [0.2, 0.25) is 0 Å². The molecule has 1 saturated carbocycles. The second-order valence-electron chi connectivity index (χ2n) is 7.18. The van der Waals surface area contributed by atoms with Crippen LogP contribution in [-0.2, 0) is 0 Å². The molecule has 1 fully saturated rings. The zero-order valence-corrected chi connectivity index (χ0v) is 15.3. The molecule has 0 unspecified atom stereocenters. The molecule has 0 atom stereocenters. The number of benzene rings is 2. The van der Waals surface area contributed by atoms with E-state index in [4.69, 9.17) is 0 Å². The first-order valence-electron chi connectivity index (χ1n) is 9.47. The Bertz CT molecular complexity index is 1000. The summed E-state index contributed by atoms with van der Waals surface area (Å²) in [6.45, 7) is 0. The van der Waals surface area contributed by atoms with Gasteiger partial charge in [-0.15, -0.1) is 0 Å². The highest BCUT2D eigenvalue weighted by molar-refractivity contribution is 5.94. The summed E-state index contributed by atoms with van der Waals surface area (Å²) in [6, 6.07) is 15.6. The Kier molecular flexibility index (Phi) is 5.19. The minimum absolute atomic E-state index is 0.0308. The number of nitrogens with one attached hydrogen (secondary N) is 2. The summed E-state index contributed by atoms with van der Waals surface area (Å²) in [7, 11) is 0. The molecular weight excluding hydrogens is 360 g/mol. The van der Waals surface area contributed by atoms with Crippen LogP contribution in [0.2, 0.25) is 0 Å². The average Bonchev–Trinajstić information content (AvgIpc) is 2.71. The largest absolute Gasteiger partial charge is 0.367 e. The molecule has 1 aromatic heterocycles. The molecule has 4 rings (SSSR count). The van der Waals surface area contributed by atoms with E-state index in [1.165, 1.54) is 6.07 Å². The molecule has 2 N–H and O–H groups in total. The third-order valence-electron chi connectivity index (χ3n) is 5.19. The number of para-hydroxylation sites is 1. The molecule has 0 aliphatic heterocycles. The molecule has 4 nitrogen and oxygen atoms in total. The van der Waals surface area contributed by atoms with Crippen LogP contribution in [0, 0.1) is 11.6 Å². The van der Waals surface area contributed by atoms with Gasteiger partial charge in [-0.3, -0.25) is 4.79 Å². The number of aromatic nitrogens is 1. The van der Waals surface area contributed by atoms with E-state index in [2.05, 4.69) is 21.7 Å². The fraction of sp³-hybridized carbons (Fsp3) is 0.273. The topological polar surface area (TPSA) is 54.0 Å². The van der Waals surface area contributed by atoms with Gasteiger partial charge in [0.25, 0.3) is 5.91 Å². The van der Waals surface area contributed by atoms with Crippen LogP contribution >= 0.6 is 0 Å². The standard InChI is InChI=1S/C22H21F2N3O/c23-18-11-5-15(13-19(18)24)22(28)26-17-9-7-16(8-10-17)25-21-12-6-14-3-1-2-4-20(14)27-21/h1-6,11-13,16-17H,7-10H2,(H,25,27)(H,26,28). The molecule has 1 aliphatic rings. The van der Waals surface area contributed by atoms with E-state index in [0.717, 1.165) is 54.5 Å². The maximum Gasteiger partial charge on any atom is 0.251 e. The number of carbonyl (C=O) groups is 1. The fourth-order valence-corrected chi connectivity index (χ4v) is 3.64. The van der Waals surface area contributed by atoms with Crippen LogP contribution in [0.15, 0.2) is 54.6 Å². The van der Waals surface area contributed by atoms with Gasteiger partial charge in [-0.05, 0) is 62.1 Å². The number of nitrogens with zero attached hydrogens (tertiary/aromatic N) is 1. The minimum atomic E-state index is -1.01. The summed E-state index contributed by atoms with van der Waals surface area (Å²) in [5.74, 6) is -1.48. The first kappa shape index (κ1) is 18.3. The van der Waals surface area contributed by atoms with E-state index in [0.29, 0.717) is 6.04 Å². The normalized spacial score (nSPS) is 19.4. The van der Waals surface area contributed by atoms with Gasteiger partial charge < -0.3 is 10.6 Å². The van der Waals surface area contributed by atoms with Gasteiger partial charge in [-0.1, -0.05) is 18.2 Å². The predicted molar refractivity (Wildman–Crippen MR) is 105 cm³/mol. The Morgan fingerprint density at radius 1 is 0.893 bits per heavy atom. The van der Waals surface area contributed by atoms with Crippen LogP contribution in [0.4, 0.5) is 14.6 Å². The van der Waals surface area contributed by atoms with Gasteiger partial charge in [-0.2, -0.15) is 0 Å². The number of hydrogen-bond acceptors (Lipinski definition) is 3. The van der Waals surface area contributed by atoms with Gasteiger partial charge in [0.05, 0.1) is 5.52 Å². The molecule has 0 saturated heterocycles. The number of amides is 1. The predicted octanol–water partition coefficient (Wildman–Crippen LogP) is 4.67. The highest BCUT2D eigenvalue weighted by atomic mass is 19.2. The van der Waals surface area contributed by atoms with Crippen molar-refractivity contribution in [3.63, 3.8) is 0 Å². The summed E-state index contributed by atoms with van der Waals surface area (Å²) < 4.78 is 26.3. The highest BCUT2D eigenvalue weighted by Crippen LogP contribution is 2.23. The Labute approximate surface area is 162 Å². The third-order valence-corrected chi connectivity index (χ3v) is 5.19. The number of hydrogen-bond donors (Lipinski definition) is 2. The van der Waals surface area contributed by atoms with Gasteiger partial charge in [-0.25, -0.2) is 13.8 Å². The molecule has 1 heterocycles. The number of rotatable bonds is 4. The zero-order valence-electron chi connectivity index (χ0n) is 15.3. The van der Waals surface area contributed by atoms with Crippen molar-refractivity contribution in [1.82, 2.24) is 10.3 Å². The molecule has 0 bridgehead atoms. The maximum absolute atomic E-state index is 13.3. The van der Waals surface area contributed by atoms with Crippen molar-refractivity contribution in [3.05, 3.63) is 71.8 Å². The molecule has 0 spiro atoms. The molecule has 3 aromatic rings. The summed E-state index contributed by atoms with van der Waals surface area (Å²) >= 11 is 0. The van der Waals surface area contributed by atoms with Crippen molar-refractivity contribution in [2.75, 3.05) is 5.32 Å². The zero-order chi connectivity index (χ0) is 19.5. The van der Waals surface area contributed by atoms with Crippen LogP contribution in [0.3, 0.4) is 0 Å². The van der Waals surface area contributed by atoms with E-state index in [9.17, 15) is 13.6 Å². The highest BCUT2D eigenvalue weighted by Gasteiger charge is 2.23. The monoisotopic (exact) mass is 381 g/mol. The van der Waals surface area contributed by atoms with E-state index in [1.54, 1.807) is 0 Å². The molecule has 0 radical (unpaired) electrons. The minimum Gasteiger partial charge on any atom is -0.367 e. The molecule has 1 aliphatic carbocycles. The molecular formula is C22H21F2N3O. The number of anilines is 1. The molecule has 2 aromatic carbocycles. The summed E-state index contributed by atoms with van der Waals surface area (Å²) in [6.07, 6.45) is 3.44. The summed E-state index contributed by atoms with van der Waals surface area (Å²) in [5, 5.41) is 7.50. The van der Waals surface area contributed by atoms with Crippen LogP contribution in [0.25, 0.3) is 10.9 Å². The summed E-state index contributed by atoms with van der Waals surface area (Å²) in [5.41, 5.74) is 1.10. The van der Waals surface area contributed by atoms with Crippen LogP contribution in [0.5, 0.6) is 0 Å². The van der Waals surface area contributed by atoms with Gasteiger partial charge >= 0.3 is 0 Å². The molecule has 144 valence electrons. The van der Waals surface area contributed by atoms with Crippen LogP contribution in [-0.4, -0.2) is 23.0 Å². The SMILES string of the molecule is O=C(NC1CCC(Nc2ccc3ccccc3n2)CC1)c1ccc(F)c(F)c1. The number of fused-ring (bicyclic) bond motifs is 1. The Morgan fingerprint density at radius 3 is 2.43 bits per heavy atom. The van der Waals surface area contributed by atoms with E-state index in [1.807, 2.05) is 30.3 Å². The van der Waals surface area contributed by atoms with Crippen molar-refractivity contribution in [2.45, 2.75) is 37.8 Å². The van der Waals surface area contributed by atoms with Crippen molar-refractivity contribution >= 4 is 22.6 Å². The smallest absolute Gasteiger partial charge is 0.251 e. The Balaban J connectivity index is 1.31. The maximum atomic E-state index is 13.3. The molecule has 28 heavy (non-hydrogen) atoms. The Hall–Kier alpha value is -3.02. The lowest BCUT2D eigenvalue weighted by molar-refractivity contribution is 0.0926. The number of carbonyl (C=O) groups excluding carboxylic acids is 1. The van der Waals surface area contributed by atoms with Crippen molar-refractivity contribution in [2.24, 2.45) is 0 Å².